The van der Waals surface area contributed by atoms with Gasteiger partial charge in [0.25, 0.3) is 0 Å². The number of hydrogen-bond donors (Lipinski definition) is 2. The van der Waals surface area contributed by atoms with E-state index in [0.717, 1.165) is 0 Å². The first kappa shape index (κ1) is 15.3. The van der Waals surface area contributed by atoms with Gasteiger partial charge in [0.05, 0.1) is 13.2 Å². The number of nitrogens with two attached hydrogens (primary N) is 1. The van der Waals surface area contributed by atoms with E-state index in [0.29, 0.717) is 0 Å². The predicted molar refractivity (Wildman–Crippen MR) is 60.6 cm³/mol. The number of ether oxygens (including phenoxy) is 2. The Hall–Kier alpha value is -0.650. The summed E-state index contributed by atoms with van der Waals surface area (Å²) in [7, 11) is 0. The molecule has 0 radical (unpaired) electrons. The van der Waals surface area contributed by atoms with Crippen LogP contribution in [-0.4, -0.2) is 35.6 Å². The van der Waals surface area contributed by atoms with Crippen molar-refractivity contribution in [3.8, 4) is 0 Å². The molecule has 16 heavy (non-hydrogen) atoms. The molecule has 0 bridgehead atoms. The minimum Gasteiger partial charge on any atom is -0.460 e. The minimum absolute atomic E-state index is 0.0505. The molecule has 5 heteroatoms. The van der Waals surface area contributed by atoms with Gasteiger partial charge in [-0.05, 0) is 34.6 Å². The monoisotopic (exact) mass is 233 g/mol. The van der Waals surface area contributed by atoms with Crippen LogP contribution in [0.1, 0.15) is 34.6 Å². The Morgan fingerprint density at radius 1 is 1.31 bits per heavy atom. The van der Waals surface area contributed by atoms with E-state index in [1.54, 1.807) is 34.6 Å². The van der Waals surface area contributed by atoms with Crippen molar-refractivity contribution >= 4 is 5.97 Å². The van der Waals surface area contributed by atoms with Gasteiger partial charge in [0.2, 0.25) is 0 Å². The Balaban J connectivity index is 4.23. The molecule has 1 atom stereocenters. The normalized spacial score (nSPS) is 14.7. The summed E-state index contributed by atoms with van der Waals surface area (Å²) in [6.07, 6.45) is 0. The molecule has 0 fully saturated rings. The number of rotatable bonds is 5. The van der Waals surface area contributed by atoms with Gasteiger partial charge >= 0.3 is 5.97 Å². The smallest absolute Gasteiger partial charge is 0.314 e. The van der Waals surface area contributed by atoms with Crippen molar-refractivity contribution in [2.75, 3.05) is 13.2 Å². The van der Waals surface area contributed by atoms with Crippen LogP contribution in [0, 0.1) is 5.92 Å². The van der Waals surface area contributed by atoms with Crippen LogP contribution in [0.3, 0.4) is 0 Å². The zero-order chi connectivity index (χ0) is 13.0. The van der Waals surface area contributed by atoms with Gasteiger partial charge in [-0.25, -0.2) is 0 Å². The first-order chi connectivity index (χ1) is 7.05. The molecule has 0 amide bonds. The average Bonchev–Trinajstić information content (AvgIpc) is 1.99. The molecule has 0 saturated heterocycles. The Morgan fingerprint density at radius 3 is 2.12 bits per heavy atom. The van der Waals surface area contributed by atoms with Crippen molar-refractivity contribution in [1.82, 2.24) is 0 Å². The summed E-state index contributed by atoms with van der Waals surface area (Å²) in [6.45, 7) is 8.40. The minimum atomic E-state index is -0.824. The fourth-order valence-corrected chi connectivity index (χ4v) is 0.896. The molecule has 0 heterocycles. The predicted octanol–water partition coefficient (Wildman–Crippen LogP) is 0.648. The number of carbonyl (C=O) groups is 1. The molecule has 0 aromatic rings. The van der Waals surface area contributed by atoms with E-state index >= 15 is 0 Å². The molecule has 0 aliphatic rings. The summed E-state index contributed by atoms with van der Waals surface area (Å²) >= 11 is 0. The summed E-state index contributed by atoms with van der Waals surface area (Å²) in [5.41, 5.74) is 4.22. The number of aliphatic hydroxyl groups is 1. The highest BCUT2D eigenvalue weighted by atomic mass is 16.6. The molecular weight excluding hydrogens is 210 g/mol. The summed E-state index contributed by atoms with van der Waals surface area (Å²) in [5, 5.41) is 9.07. The molecule has 96 valence electrons. The lowest BCUT2D eigenvalue weighted by Crippen LogP contribution is -2.40. The second kappa shape index (κ2) is 5.61. The lowest BCUT2D eigenvalue weighted by Gasteiger charge is -2.25. The van der Waals surface area contributed by atoms with Gasteiger partial charge in [0.1, 0.15) is 17.2 Å². The van der Waals surface area contributed by atoms with Crippen molar-refractivity contribution in [1.29, 1.82) is 0 Å². The van der Waals surface area contributed by atoms with Crippen molar-refractivity contribution in [3.05, 3.63) is 0 Å². The summed E-state index contributed by atoms with van der Waals surface area (Å²) < 4.78 is 10.4. The highest BCUT2D eigenvalue weighted by molar-refractivity contribution is 5.73. The SMILES string of the molecule is CC(C)(C)OC(=O)[C@H](CO)COC(C)(C)N. The number of aliphatic hydroxyl groups excluding tert-OH is 1. The molecule has 0 aliphatic carbocycles. The van der Waals surface area contributed by atoms with Crippen LogP contribution in [-0.2, 0) is 14.3 Å². The van der Waals surface area contributed by atoms with E-state index in [-0.39, 0.29) is 13.2 Å². The van der Waals surface area contributed by atoms with Crippen molar-refractivity contribution in [2.45, 2.75) is 45.9 Å². The molecule has 0 aromatic heterocycles. The van der Waals surface area contributed by atoms with E-state index < -0.39 is 23.2 Å². The van der Waals surface area contributed by atoms with Crippen LogP contribution in [0.5, 0.6) is 0 Å². The Labute approximate surface area is 96.9 Å². The van der Waals surface area contributed by atoms with E-state index in [1.165, 1.54) is 0 Å². The van der Waals surface area contributed by atoms with Gasteiger partial charge in [-0.2, -0.15) is 0 Å². The van der Waals surface area contributed by atoms with E-state index in [1.807, 2.05) is 0 Å². The third-order valence-electron chi connectivity index (χ3n) is 1.62. The Morgan fingerprint density at radius 2 is 1.81 bits per heavy atom. The maximum atomic E-state index is 11.6. The number of carbonyl (C=O) groups excluding carboxylic acids is 1. The number of hydrogen-bond acceptors (Lipinski definition) is 5. The van der Waals surface area contributed by atoms with Crippen LogP contribution in [0.15, 0.2) is 0 Å². The molecule has 0 saturated carbocycles. The van der Waals surface area contributed by atoms with Crippen molar-refractivity contribution in [2.24, 2.45) is 11.7 Å². The summed E-state index contributed by atoms with van der Waals surface area (Å²) in [6, 6.07) is 0. The fraction of sp³-hybridized carbons (Fsp3) is 0.909. The second-order valence-electron chi connectivity index (χ2n) is 5.33. The quantitative estimate of drug-likeness (QED) is 0.538. The van der Waals surface area contributed by atoms with Crippen molar-refractivity contribution < 1.29 is 19.4 Å². The third kappa shape index (κ3) is 7.62. The van der Waals surface area contributed by atoms with Crippen LogP contribution in [0.4, 0.5) is 0 Å². The summed E-state index contributed by atoms with van der Waals surface area (Å²) in [5.74, 6) is -1.17. The Kier molecular flexibility index (Phi) is 5.38. The van der Waals surface area contributed by atoms with Gasteiger partial charge in [0, 0.05) is 0 Å². The zero-order valence-corrected chi connectivity index (χ0v) is 10.7. The van der Waals surface area contributed by atoms with Gasteiger partial charge in [-0.15, -0.1) is 0 Å². The topological polar surface area (TPSA) is 81.8 Å². The van der Waals surface area contributed by atoms with Crippen LogP contribution < -0.4 is 5.73 Å². The lowest BCUT2D eigenvalue weighted by molar-refractivity contribution is -0.166. The standard InChI is InChI=1S/C11H23NO4/c1-10(2,3)16-9(14)8(6-13)7-15-11(4,5)12/h8,13H,6-7,12H2,1-5H3/t8-/m1/s1. The zero-order valence-electron chi connectivity index (χ0n) is 10.7. The van der Waals surface area contributed by atoms with Crippen LogP contribution in [0.25, 0.3) is 0 Å². The molecular formula is C11H23NO4. The van der Waals surface area contributed by atoms with Crippen molar-refractivity contribution in [3.63, 3.8) is 0 Å². The van der Waals surface area contributed by atoms with E-state index in [4.69, 9.17) is 20.3 Å². The van der Waals surface area contributed by atoms with Crippen LogP contribution in [0.2, 0.25) is 0 Å². The fourth-order valence-electron chi connectivity index (χ4n) is 0.896. The molecule has 0 rings (SSSR count). The average molecular weight is 233 g/mol. The molecule has 0 unspecified atom stereocenters. The molecule has 0 spiro atoms. The second-order valence-corrected chi connectivity index (χ2v) is 5.33. The first-order valence-electron chi connectivity index (χ1n) is 5.32. The van der Waals surface area contributed by atoms with Gasteiger partial charge in [-0.1, -0.05) is 0 Å². The lowest BCUT2D eigenvalue weighted by atomic mass is 10.1. The molecule has 3 N–H and O–H groups in total. The Bertz CT molecular complexity index is 227. The summed E-state index contributed by atoms with van der Waals surface area (Å²) in [4.78, 5) is 11.6. The third-order valence-corrected chi connectivity index (χ3v) is 1.62. The molecule has 5 nitrogen and oxygen atoms in total. The van der Waals surface area contributed by atoms with Gasteiger partial charge in [-0.3, -0.25) is 4.79 Å². The highest BCUT2D eigenvalue weighted by Gasteiger charge is 2.26. The molecule has 0 aliphatic heterocycles. The number of esters is 1. The van der Waals surface area contributed by atoms with E-state index in [2.05, 4.69) is 0 Å². The first-order valence-corrected chi connectivity index (χ1v) is 5.32. The maximum Gasteiger partial charge on any atom is 0.314 e. The van der Waals surface area contributed by atoms with E-state index in [9.17, 15) is 4.79 Å². The maximum absolute atomic E-state index is 11.6. The van der Waals surface area contributed by atoms with Gasteiger partial charge in [0.15, 0.2) is 0 Å². The van der Waals surface area contributed by atoms with Crippen LogP contribution >= 0.6 is 0 Å². The highest BCUT2D eigenvalue weighted by Crippen LogP contribution is 2.13. The molecule has 0 aromatic carbocycles. The van der Waals surface area contributed by atoms with Gasteiger partial charge < -0.3 is 20.3 Å². The largest absolute Gasteiger partial charge is 0.460 e.